The fourth-order valence-electron chi connectivity index (χ4n) is 5.50. The summed E-state index contributed by atoms with van der Waals surface area (Å²) in [6, 6.07) is 13.8. The zero-order valence-corrected chi connectivity index (χ0v) is 27.0. The van der Waals surface area contributed by atoms with E-state index in [1.807, 2.05) is 45.0 Å². The number of aryl methyl sites for hydroxylation is 2. The highest BCUT2D eigenvalue weighted by atomic mass is 16.6. The first-order chi connectivity index (χ1) is 20.8. The number of carbonyl (C=O) groups excluding carboxylic acids is 2. The minimum Gasteiger partial charge on any atom is -0.443 e. The molecule has 0 aliphatic carbocycles. The molecule has 4 aromatic rings. The van der Waals surface area contributed by atoms with Crippen molar-refractivity contribution in [1.29, 1.82) is 0 Å². The van der Waals surface area contributed by atoms with Crippen LogP contribution in [-0.4, -0.2) is 94.5 Å². The van der Waals surface area contributed by atoms with Gasteiger partial charge in [-0.1, -0.05) is 0 Å². The zero-order chi connectivity index (χ0) is 31.8. The average molecular weight is 599 g/mol. The van der Waals surface area contributed by atoms with Gasteiger partial charge in [0.05, 0.1) is 5.69 Å². The Kier molecular flexibility index (Phi) is 8.60. The van der Waals surface area contributed by atoms with Crippen LogP contribution in [0.5, 0.6) is 0 Å². The van der Waals surface area contributed by atoms with E-state index in [4.69, 9.17) is 4.74 Å². The summed E-state index contributed by atoms with van der Waals surface area (Å²) in [5, 5.41) is 9.77. The van der Waals surface area contributed by atoms with Crippen molar-refractivity contribution in [3.8, 4) is 11.3 Å². The Morgan fingerprint density at radius 1 is 0.955 bits per heavy atom. The summed E-state index contributed by atoms with van der Waals surface area (Å²) in [6.45, 7) is 12.0. The van der Waals surface area contributed by atoms with Gasteiger partial charge in [0.15, 0.2) is 5.82 Å². The molecule has 0 saturated carbocycles. The molecule has 4 heterocycles. The Bertz CT molecular complexity index is 1670. The van der Waals surface area contributed by atoms with E-state index in [1.165, 1.54) is 16.3 Å². The summed E-state index contributed by atoms with van der Waals surface area (Å²) >= 11 is 0. The van der Waals surface area contributed by atoms with Crippen LogP contribution in [0.3, 0.4) is 0 Å². The molecule has 0 N–H and O–H groups in total. The van der Waals surface area contributed by atoms with E-state index in [0.29, 0.717) is 17.1 Å². The van der Waals surface area contributed by atoms with Crippen molar-refractivity contribution in [2.45, 2.75) is 39.8 Å². The van der Waals surface area contributed by atoms with E-state index in [0.717, 1.165) is 54.9 Å². The molecule has 1 aromatic carbocycles. The molecular formula is C33H42N8O3. The van der Waals surface area contributed by atoms with Crippen LogP contribution in [0.2, 0.25) is 0 Å². The van der Waals surface area contributed by atoms with Gasteiger partial charge >= 0.3 is 6.09 Å². The van der Waals surface area contributed by atoms with Crippen molar-refractivity contribution >= 4 is 34.5 Å². The molecule has 1 aliphatic rings. The van der Waals surface area contributed by atoms with Crippen LogP contribution in [0, 0.1) is 6.92 Å². The van der Waals surface area contributed by atoms with Crippen molar-refractivity contribution in [2.24, 2.45) is 7.05 Å². The van der Waals surface area contributed by atoms with Gasteiger partial charge in [-0.25, -0.2) is 9.78 Å². The highest BCUT2D eigenvalue weighted by molar-refractivity contribution is 5.95. The third-order valence-corrected chi connectivity index (χ3v) is 7.91. The fraction of sp³-hybridized carbons (Fsp3) is 0.424. The molecule has 11 nitrogen and oxygen atoms in total. The van der Waals surface area contributed by atoms with Crippen molar-refractivity contribution in [3.63, 3.8) is 0 Å². The summed E-state index contributed by atoms with van der Waals surface area (Å²) in [5.41, 5.74) is 6.12. The number of ether oxygens (including phenoxy) is 1. The molecular weight excluding hydrogens is 556 g/mol. The number of benzene rings is 1. The molecule has 232 valence electrons. The zero-order valence-electron chi connectivity index (χ0n) is 27.0. The molecule has 3 aromatic heterocycles. The van der Waals surface area contributed by atoms with Crippen molar-refractivity contribution in [2.75, 3.05) is 57.1 Å². The maximum Gasteiger partial charge on any atom is 0.415 e. The number of fused-ring (bicyclic) bond motifs is 1. The SMILES string of the molecule is Cc1cc(C(=O)N(C)C)ccc1N1CCN(Cc2cc3c(-c4ccc(N(C)C(=O)OC(C)(C)C)nn4)ccnc3n2C)CC1. The predicted molar refractivity (Wildman–Crippen MR) is 173 cm³/mol. The normalized spacial score (nSPS) is 14.1. The van der Waals surface area contributed by atoms with Gasteiger partial charge in [0.1, 0.15) is 11.2 Å². The van der Waals surface area contributed by atoms with Gasteiger partial charge < -0.3 is 19.1 Å². The van der Waals surface area contributed by atoms with Crippen LogP contribution in [0.4, 0.5) is 16.3 Å². The van der Waals surface area contributed by atoms with Gasteiger partial charge in [0.2, 0.25) is 0 Å². The summed E-state index contributed by atoms with van der Waals surface area (Å²) < 4.78 is 7.59. The van der Waals surface area contributed by atoms with Gasteiger partial charge in [0, 0.05) is 95.0 Å². The molecule has 0 radical (unpaired) electrons. The Labute approximate surface area is 259 Å². The maximum atomic E-state index is 12.5. The lowest BCUT2D eigenvalue weighted by atomic mass is 10.1. The van der Waals surface area contributed by atoms with Gasteiger partial charge in [-0.15, -0.1) is 10.2 Å². The van der Waals surface area contributed by atoms with E-state index >= 15 is 0 Å². The summed E-state index contributed by atoms with van der Waals surface area (Å²) in [6.07, 6.45) is 1.31. The highest BCUT2D eigenvalue weighted by Crippen LogP contribution is 2.30. The number of pyridine rings is 1. The monoisotopic (exact) mass is 598 g/mol. The van der Waals surface area contributed by atoms with Crippen molar-refractivity contribution in [1.82, 2.24) is 29.5 Å². The van der Waals surface area contributed by atoms with Crippen LogP contribution in [-0.2, 0) is 18.3 Å². The number of aromatic nitrogens is 4. The van der Waals surface area contributed by atoms with E-state index < -0.39 is 11.7 Å². The minimum atomic E-state index is -0.597. The van der Waals surface area contributed by atoms with Crippen LogP contribution in [0.1, 0.15) is 42.4 Å². The Balaban J connectivity index is 1.28. The molecule has 0 spiro atoms. The number of hydrogen-bond acceptors (Lipinski definition) is 8. The Morgan fingerprint density at radius 2 is 1.68 bits per heavy atom. The van der Waals surface area contributed by atoms with Crippen LogP contribution >= 0.6 is 0 Å². The lowest BCUT2D eigenvalue weighted by Crippen LogP contribution is -2.46. The number of carbonyl (C=O) groups is 2. The van der Waals surface area contributed by atoms with Gasteiger partial charge in [-0.05, 0) is 75.7 Å². The average Bonchev–Trinajstić information content (AvgIpc) is 3.30. The number of hydrogen-bond donors (Lipinski definition) is 0. The molecule has 1 aliphatic heterocycles. The number of rotatable bonds is 6. The molecule has 0 atom stereocenters. The van der Waals surface area contributed by atoms with Crippen LogP contribution in [0.25, 0.3) is 22.3 Å². The molecule has 5 rings (SSSR count). The first-order valence-corrected chi connectivity index (χ1v) is 14.9. The Morgan fingerprint density at radius 3 is 2.30 bits per heavy atom. The van der Waals surface area contributed by atoms with Crippen LogP contribution in [0.15, 0.2) is 48.7 Å². The topological polar surface area (TPSA) is 99.9 Å². The maximum absolute atomic E-state index is 12.5. The summed E-state index contributed by atoms with van der Waals surface area (Å²) in [7, 11) is 7.22. The Hall–Kier alpha value is -4.51. The van der Waals surface area contributed by atoms with E-state index in [1.54, 1.807) is 38.3 Å². The van der Waals surface area contributed by atoms with Gasteiger partial charge in [-0.3, -0.25) is 14.6 Å². The first kappa shape index (κ1) is 30.9. The third kappa shape index (κ3) is 6.52. The van der Waals surface area contributed by atoms with Crippen molar-refractivity contribution in [3.05, 3.63) is 65.5 Å². The van der Waals surface area contributed by atoms with E-state index in [-0.39, 0.29) is 5.91 Å². The van der Waals surface area contributed by atoms with Gasteiger partial charge in [0.25, 0.3) is 5.91 Å². The number of anilines is 2. The molecule has 1 fully saturated rings. The second-order valence-corrected chi connectivity index (χ2v) is 12.6. The molecule has 2 amide bonds. The van der Waals surface area contributed by atoms with Crippen molar-refractivity contribution < 1.29 is 14.3 Å². The minimum absolute atomic E-state index is 0.0203. The third-order valence-electron chi connectivity index (χ3n) is 7.91. The molecule has 44 heavy (non-hydrogen) atoms. The summed E-state index contributed by atoms with van der Waals surface area (Å²) in [5.74, 6) is 0.432. The lowest BCUT2D eigenvalue weighted by molar-refractivity contribution is 0.0587. The highest BCUT2D eigenvalue weighted by Gasteiger charge is 2.23. The lowest BCUT2D eigenvalue weighted by Gasteiger charge is -2.37. The molecule has 1 saturated heterocycles. The smallest absolute Gasteiger partial charge is 0.415 e. The quantitative estimate of drug-likeness (QED) is 0.314. The van der Waals surface area contributed by atoms with Crippen LogP contribution < -0.4 is 9.80 Å². The van der Waals surface area contributed by atoms with E-state index in [2.05, 4.69) is 55.7 Å². The number of amides is 2. The molecule has 0 bridgehead atoms. The number of piperazine rings is 1. The number of nitrogens with zero attached hydrogens (tertiary/aromatic N) is 8. The predicted octanol–water partition coefficient (Wildman–Crippen LogP) is 4.73. The second-order valence-electron chi connectivity index (χ2n) is 12.6. The second kappa shape index (κ2) is 12.2. The standard InChI is InChI=1S/C33H42N8O3/c1-22-19-23(31(42)37(5)6)9-11-28(22)41-17-15-40(16-18-41)21-24-20-26-25(13-14-34-30(26)38(24)7)27-10-12-29(36-35-27)39(8)32(43)44-33(2,3)4/h9-14,19-20H,15-18,21H2,1-8H3. The fourth-order valence-corrected chi connectivity index (χ4v) is 5.50. The molecule has 11 heteroatoms. The van der Waals surface area contributed by atoms with Gasteiger partial charge in [-0.2, -0.15) is 0 Å². The molecule has 0 unspecified atom stereocenters. The summed E-state index contributed by atoms with van der Waals surface area (Å²) in [4.78, 5) is 37.3. The largest absolute Gasteiger partial charge is 0.443 e. The first-order valence-electron chi connectivity index (χ1n) is 14.9. The van der Waals surface area contributed by atoms with E-state index in [9.17, 15) is 9.59 Å².